The molecule has 0 spiro atoms. The Morgan fingerprint density at radius 2 is 2.19 bits per heavy atom. The number of nitrogens with zero attached hydrogens (tertiary/aromatic N) is 3. The van der Waals surface area contributed by atoms with Crippen molar-refractivity contribution in [3.63, 3.8) is 0 Å². The molecule has 4 rings (SSSR count). The van der Waals surface area contributed by atoms with Crippen LogP contribution in [0.15, 0.2) is 30.6 Å². The zero-order valence-corrected chi connectivity index (χ0v) is 14.8. The van der Waals surface area contributed by atoms with Crippen molar-refractivity contribution >= 4 is 17.3 Å². The summed E-state index contributed by atoms with van der Waals surface area (Å²) in [6.07, 6.45) is 5.58. The normalized spacial score (nSPS) is 19.3. The van der Waals surface area contributed by atoms with Crippen molar-refractivity contribution in [2.75, 3.05) is 37.1 Å². The largest absolute Gasteiger partial charge is 0.454 e. The summed E-state index contributed by atoms with van der Waals surface area (Å²) < 4.78 is 12.4. The van der Waals surface area contributed by atoms with Crippen molar-refractivity contribution in [2.24, 2.45) is 7.05 Å². The third kappa shape index (κ3) is 3.91. The Balaban J connectivity index is 1.30. The first-order chi connectivity index (χ1) is 12.7. The molecule has 0 unspecified atom stereocenters. The molecule has 0 bridgehead atoms. The van der Waals surface area contributed by atoms with Gasteiger partial charge >= 0.3 is 0 Å². The molecule has 1 amide bonds. The Kier molecular flexibility index (Phi) is 4.66. The molecule has 1 atom stereocenters. The Bertz CT molecular complexity index is 791. The minimum atomic E-state index is -0.0123. The van der Waals surface area contributed by atoms with E-state index >= 15 is 0 Å². The average molecular weight is 357 g/mol. The van der Waals surface area contributed by atoms with Gasteiger partial charge in [0.15, 0.2) is 11.5 Å². The number of rotatable bonds is 5. The molecule has 26 heavy (non-hydrogen) atoms. The number of anilines is 2. The maximum atomic E-state index is 12.2. The molecule has 2 N–H and O–H groups in total. The van der Waals surface area contributed by atoms with Gasteiger partial charge in [-0.15, -0.1) is 0 Å². The first-order valence-corrected chi connectivity index (χ1v) is 8.83. The Labute approximate surface area is 152 Å². The van der Waals surface area contributed by atoms with Crippen molar-refractivity contribution in [3.05, 3.63) is 30.6 Å². The van der Waals surface area contributed by atoms with Crippen LogP contribution in [0.3, 0.4) is 0 Å². The number of hydrogen-bond donors (Lipinski definition) is 2. The highest BCUT2D eigenvalue weighted by Crippen LogP contribution is 2.34. The van der Waals surface area contributed by atoms with Gasteiger partial charge in [-0.3, -0.25) is 14.4 Å². The van der Waals surface area contributed by atoms with Gasteiger partial charge in [0.05, 0.1) is 18.4 Å². The lowest BCUT2D eigenvalue weighted by Gasteiger charge is -2.33. The second-order valence-electron chi connectivity index (χ2n) is 6.74. The van der Waals surface area contributed by atoms with Gasteiger partial charge in [-0.05, 0) is 31.5 Å². The molecule has 1 saturated heterocycles. The number of likely N-dealkylation sites (tertiary alicyclic amines) is 1. The van der Waals surface area contributed by atoms with Crippen LogP contribution in [0.4, 0.5) is 11.4 Å². The molecule has 8 nitrogen and oxygen atoms in total. The lowest BCUT2D eigenvalue weighted by Crippen LogP contribution is -2.45. The van der Waals surface area contributed by atoms with Crippen LogP contribution >= 0.6 is 0 Å². The number of piperidine rings is 1. The molecular formula is C18H23N5O3. The van der Waals surface area contributed by atoms with Gasteiger partial charge < -0.3 is 20.1 Å². The third-order valence-electron chi connectivity index (χ3n) is 4.60. The molecule has 3 heterocycles. The molecule has 0 saturated carbocycles. The fraction of sp³-hybridized carbons (Fsp3) is 0.444. The van der Waals surface area contributed by atoms with E-state index in [-0.39, 0.29) is 12.7 Å². The number of benzene rings is 1. The van der Waals surface area contributed by atoms with Gasteiger partial charge in [0, 0.05) is 37.6 Å². The van der Waals surface area contributed by atoms with E-state index in [0.717, 1.165) is 48.8 Å². The summed E-state index contributed by atoms with van der Waals surface area (Å²) in [5, 5.41) is 10.5. The minimum Gasteiger partial charge on any atom is -0.454 e. The van der Waals surface area contributed by atoms with E-state index in [0.29, 0.717) is 12.6 Å². The Morgan fingerprint density at radius 3 is 3.04 bits per heavy atom. The fourth-order valence-electron chi connectivity index (χ4n) is 3.43. The van der Waals surface area contributed by atoms with Crippen molar-refractivity contribution < 1.29 is 14.3 Å². The van der Waals surface area contributed by atoms with Crippen LogP contribution in [0, 0.1) is 0 Å². The molecule has 8 heteroatoms. The van der Waals surface area contributed by atoms with Gasteiger partial charge in [-0.2, -0.15) is 5.10 Å². The molecular weight excluding hydrogens is 334 g/mol. The monoisotopic (exact) mass is 357 g/mol. The molecule has 1 aromatic heterocycles. The van der Waals surface area contributed by atoms with Crippen molar-refractivity contribution in [1.29, 1.82) is 0 Å². The zero-order chi connectivity index (χ0) is 17.9. The second-order valence-corrected chi connectivity index (χ2v) is 6.74. The summed E-state index contributed by atoms with van der Waals surface area (Å²) in [7, 11) is 1.83. The van der Waals surface area contributed by atoms with Gasteiger partial charge in [-0.1, -0.05) is 0 Å². The predicted octanol–water partition coefficient (Wildman–Crippen LogP) is 1.66. The van der Waals surface area contributed by atoms with Crippen LogP contribution < -0.4 is 20.1 Å². The van der Waals surface area contributed by atoms with Gasteiger partial charge in [0.2, 0.25) is 12.7 Å². The number of fused-ring (bicyclic) bond motifs is 1. The van der Waals surface area contributed by atoms with Gasteiger partial charge in [0.1, 0.15) is 0 Å². The Morgan fingerprint density at radius 1 is 1.31 bits per heavy atom. The van der Waals surface area contributed by atoms with Crippen molar-refractivity contribution in [2.45, 2.75) is 18.9 Å². The molecule has 0 radical (unpaired) electrons. The molecule has 1 aromatic carbocycles. The van der Waals surface area contributed by atoms with Crippen LogP contribution in [-0.4, -0.2) is 53.1 Å². The molecule has 0 aliphatic carbocycles. The first kappa shape index (κ1) is 16.7. The SMILES string of the molecule is Cn1cc(NC(=O)CN2CCC[C@@H](Nc3ccc4c(c3)OCO4)C2)cn1. The minimum absolute atomic E-state index is 0.0123. The highest BCUT2D eigenvalue weighted by atomic mass is 16.7. The van der Waals surface area contributed by atoms with E-state index in [9.17, 15) is 4.79 Å². The van der Waals surface area contributed by atoms with Crippen LogP contribution in [0.5, 0.6) is 11.5 Å². The van der Waals surface area contributed by atoms with Crippen LogP contribution in [0.2, 0.25) is 0 Å². The number of nitrogens with one attached hydrogen (secondary N) is 2. The second kappa shape index (κ2) is 7.25. The summed E-state index contributed by atoms with van der Waals surface area (Å²) in [6.45, 7) is 2.42. The lowest BCUT2D eigenvalue weighted by molar-refractivity contribution is -0.117. The summed E-state index contributed by atoms with van der Waals surface area (Å²) >= 11 is 0. The molecule has 2 aliphatic rings. The molecule has 1 fully saturated rings. The maximum Gasteiger partial charge on any atom is 0.238 e. The van der Waals surface area contributed by atoms with Crippen molar-refractivity contribution in [1.82, 2.24) is 14.7 Å². The molecule has 138 valence electrons. The zero-order valence-electron chi connectivity index (χ0n) is 14.8. The predicted molar refractivity (Wildman–Crippen MR) is 97.5 cm³/mol. The molecule has 2 aromatic rings. The van der Waals surface area contributed by atoms with E-state index in [4.69, 9.17) is 9.47 Å². The first-order valence-electron chi connectivity index (χ1n) is 8.83. The van der Waals surface area contributed by atoms with Crippen molar-refractivity contribution in [3.8, 4) is 11.5 Å². The maximum absolute atomic E-state index is 12.2. The van der Waals surface area contributed by atoms with E-state index < -0.39 is 0 Å². The standard InChI is InChI=1S/C18H23N5O3/c1-22-9-15(8-19-22)21-18(24)11-23-6-2-3-14(10-23)20-13-4-5-16-17(7-13)26-12-25-16/h4-5,7-9,14,20H,2-3,6,10-12H2,1H3,(H,21,24)/t14-/m1/s1. The molecule has 2 aliphatic heterocycles. The number of hydrogen-bond acceptors (Lipinski definition) is 6. The highest BCUT2D eigenvalue weighted by molar-refractivity contribution is 5.91. The number of ether oxygens (including phenoxy) is 2. The van der Waals surface area contributed by atoms with E-state index in [2.05, 4.69) is 20.6 Å². The topological polar surface area (TPSA) is 80.7 Å². The lowest BCUT2D eigenvalue weighted by atomic mass is 10.1. The van der Waals surface area contributed by atoms with Crippen LogP contribution in [-0.2, 0) is 11.8 Å². The summed E-state index contributed by atoms with van der Waals surface area (Å²) in [5.41, 5.74) is 1.74. The van der Waals surface area contributed by atoms with Crippen LogP contribution in [0.1, 0.15) is 12.8 Å². The number of aromatic nitrogens is 2. The quantitative estimate of drug-likeness (QED) is 0.847. The average Bonchev–Trinajstić information content (AvgIpc) is 3.23. The summed E-state index contributed by atoms with van der Waals surface area (Å²) in [5.74, 6) is 1.55. The number of aryl methyl sites for hydroxylation is 1. The summed E-state index contributed by atoms with van der Waals surface area (Å²) in [4.78, 5) is 14.4. The highest BCUT2D eigenvalue weighted by Gasteiger charge is 2.22. The summed E-state index contributed by atoms with van der Waals surface area (Å²) in [6, 6.07) is 6.19. The van der Waals surface area contributed by atoms with E-state index in [1.165, 1.54) is 0 Å². The number of carbonyl (C=O) groups excluding carboxylic acids is 1. The van der Waals surface area contributed by atoms with E-state index in [1.54, 1.807) is 17.1 Å². The van der Waals surface area contributed by atoms with Crippen LogP contribution in [0.25, 0.3) is 0 Å². The Hall–Kier alpha value is -2.74. The smallest absolute Gasteiger partial charge is 0.238 e. The van der Waals surface area contributed by atoms with E-state index in [1.807, 2.05) is 25.2 Å². The number of amides is 1. The third-order valence-corrected chi connectivity index (χ3v) is 4.60. The number of carbonyl (C=O) groups is 1. The fourth-order valence-corrected chi connectivity index (χ4v) is 3.43. The van der Waals surface area contributed by atoms with Gasteiger partial charge in [-0.25, -0.2) is 0 Å². The van der Waals surface area contributed by atoms with Gasteiger partial charge in [0.25, 0.3) is 0 Å².